The highest BCUT2D eigenvalue weighted by molar-refractivity contribution is 5.65. The van der Waals surface area contributed by atoms with E-state index in [-0.39, 0.29) is 0 Å². The molecule has 0 bridgehead atoms. The van der Waals surface area contributed by atoms with Crippen LogP contribution in [0.25, 0.3) is 11.1 Å². The number of hydrogen-bond donors (Lipinski definition) is 1. The van der Waals surface area contributed by atoms with Crippen molar-refractivity contribution in [2.24, 2.45) is 5.92 Å². The molecule has 0 heterocycles. The highest BCUT2D eigenvalue weighted by Gasteiger charge is 2.04. The third-order valence-corrected chi connectivity index (χ3v) is 3.58. The Balaban J connectivity index is 1.95. The fourth-order valence-electron chi connectivity index (χ4n) is 2.33. The molecule has 1 N–H and O–H groups in total. The van der Waals surface area contributed by atoms with E-state index >= 15 is 0 Å². The predicted molar refractivity (Wildman–Crippen MR) is 89.0 cm³/mol. The second-order valence-corrected chi connectivity index (χ2v) is 5.96. The zero-order chi connectivity index (χ0) is 14.4. The standard InChI is InChI=1S/C19H25N/c1-15(2)9-10-16(3)20-19-13-11-18(12-14-19)17-7-5-4-6-8-17/h4-8,11-16,20H,9-10H2,1-3H3. The molecule has 0 radical (unpaired) electrons. The molecular weight excluding hydrogens is 242 g/mol. The first kappa shape index (κ1) is 14.6. The summed E-state index contributed by atoms with van der Waals surface area (Å²) in [7, 11) is 0. The fourth-order valence-corrected chi connectivity index (χ4v) is 2.33. The molecule has 0 saturated carbocycles. The predicted octanol–water partition coefficient (Wildman–Crippen LogP) is 5.59. The van der Waals surface area contributed by atoms with Gasteiger partial charge < -0.3 is 5.32 Å². The van der Waals surface area contributed by atoms with Crippen molar-refractivity contribution >= 4 is 5.69 Å². The lowest BCUT2D eigenvalue weighted by molar-refractivity contribution is 0.528. The second kappa shape index (κ2) is 7.14. The molecule has 0 aliphatic heterocycles. The van der Waals surface area contributed by atoms with Gasteiger partial charge in [-0.1, -0.05) is 56.3 Å². The summed E-state index contributed by atoms with van der Waals surface area (Å²) in [4.78, 5) is 0. The molecule has 2 aromatic carbocycles. The topological polar surface area (TPSA) is 12.0 Å². The van der Waals surface area contributed by atoms with Crippen molar-refractivity contribution in [1.29, 1.82) is 0 Å². The number of hydrogen-bond acceptors (Lipinski definition) is 1. The van der Waals surface area contributed by atoms with Gasteiger partial charge in [-0.15, -0.1) is 0 Å². The van der Waals surface area contributed by atoms with Crippen molar-refractivity contribution in [2.45, 2.75) is 39.7 Å². The van der Waals surface area contributed by atoms with E-state index in [1.54, 1.807) is 0 Å². The van der Waals surface area contributed by atoms with Crippen LogP contribution in [0, 0.1) is 5.92 Å². The monoisotopic (exact) mass is 267 g/mol. The molecular formula is C19H25N. The van der Waals surface area contributed by atoms with Crippen LogP contribution in [0.15, 0.2) is 54.6 Å². The second-order valence-electron chi connectivity index (χ2n) is 5.96. The molecule has 0 aliphatic carbocycles. The molecule has 0 aromatic heterocycles. The SMILES string of the molecule is CC(C)CCC(C)Nc1ccc(-c2ccccc2)cc1. The van der Waals surface area contributed by atoms with Gasteiger partial charge in [-0.05, 0) is 48.9 Å². The molecule has 0 saturated heterocycles. The molecule has 1 unspecified atom stereocenters. The maximum absolute atomic E-state index is 3.58. The molecule has 20 heavy (non-hydrogen) atoms. The average molecular weight is 267 g/mol. The number of benzene rings is 2. The first-order valence-corrected chi connectivity index (χ1v) is 7.57. The van der Waals surface area contributed by atoms with Crippen molar-refractivity contribution in [2.75, 3.05) is 5.32 Å². The normalized spacial score (nSPS) is 12.4. The van der Waals surface area contributed by atoms with E-state index in [4.69, 9.17) is 0 Å². The first-order chi connectivity index (χ1) is 9.65. The van der Waals surface area contributed by atoms with Crippen LogP contribution in [-0.2, 0) is 0 Å². The van der Waals surface area contributed by atoms with Gasteiger partial charge in [0.05, 0.1) is 0 Å². The van der Waals surface area contributed by atoms with Crippen LogP contribution in [0.1, 0.15) is 33.6 Å². The molecule has 1 heteroatoms. The van der Waals surface area contributed by atoms with E-state index in [9.17, 15) is 0 Å². The zero-order valence-corrected chi connectivity index (χ0v) is 12.8. The van der Waals surface area contributed by atoms with Crippen molar-refractivity contribution < 1.29 is 0 Å². The highest BCUT2D eigenvalue weighted by Crippen LogP contribution is 2.21. The summed E-state index contributed by atoms with van der Waals surface area (Å²) >= 11 is 0. The summed E-state index contributed by atoms with van der Waals surface area (Å²) in [6, 6.07) is 19.8. The molecule has 2 aromatic rings. The van der Waals surface area contributed by atoms with E-state index < -0.39 is 0 Å². The van der Waals surface area contributed by atoms with E-state index in [0.29, 0.717) is 6.04 Å². The molecule has 106 valence electrons. The smallest absolute Gasteiger partial charge is 0.0342 e. The van der Waals surface area contributed by atoms with Gasteiger partial charge in [-0.25, -0.2) is 0 Å². The minimum Gasteiger partial charge on any atom is -0.383 e. The average Bonchev–Trinajstić information content (AvgIpc) is 2.47. The number of anilines is 1. The lowest BCUT2D eigenvalue weighted by atomic mass is 10.0. The third-order valence-electron chi connectivity index (χ3n) is 3.58. The Morgan fingerprint density at radius 3 is 1.95 bits per heavy atom. The van der Waals surface area contributed by atoms with Gasteiger partial charge >= 0.3 is 0 Å². The molecule has 1 atom stereocenters. The Kier molecular flexibility index (Phi) is 5.23. The van der Waals surface area contributed by atoms with Crippen LogP contribution in [0.4, 0.5) is 5.69 Å². The van der Waals surface area contributed by atoms with Gasteiger partial charge in [0.15, 0.2) is 0 Å². The van der Waals surface area contributed by atoms with E-state index in [0.717, 1.165) is 5.92 Å². The Bertz CT molecular complexity index is 499. The van der Waals surface area contributed by atoms with Gasteiger partial charge in [-0.3, -0.25) is 0 Å². The van der Waals surface area contributed by atoms with Crippen molar-refractivity contribution in [1.82, 2.24) is 0 Å². The third kappa shape index (κ3) is 4.41. The summed E-state index contributed by atoms with van der Waals surface area (Å²) < 4.78 is 0. The molecule has 0 aliphatic rings. The maximum Gasteiger partial charge on any atom is 0.0342 e. The highest BCUT2D eigenvalue weighted by atomic mass is 14.9. The quantitative estimate of drug-likeness (QED) is 0.719. The van der Waals surface area contributed by atoms with Crippen molar-refractivity contribution in [3.63, 3.8) is 0 Å². The maximum atomic E-state index is 3.58. The number of nitrogens with one attached hydrogen (secondary N) is 1. The van der Waals surface area contributed by atoms with Gasteiger partial charge in [0.25, 0.3) is 0 Å². The lowest BCUT2D eigenvalue weighted by Gasteiger charge is -2.16. The van der Waals surface area contributed by atoms with Crippen molar-refractivity contribution in [3.05, 3.63) is 54.6 Å². The molecule has 1 nitrogen and oxygen atoms in total. The van der Waals surface area contributed by atoms with Crippen LogP contribution in [0.3, 0.4) is 0 Å². The summed E-state index contributed by atoms with van der Waals surface area (Å²) in [6.45, 7) is 6.82. The van der Waals surface area contributed by atoms with Gasteiger partial charge in [0, 0.05) is 11.7 Å². The van der Waals surface area contributed by atoms with Crippen LogP contribution in [0.2, 0.25) is 0 Å². The Labute approximate surface area is 123 Å². The molecule has 0 amide bonds. The Hall–Kier alpha value is -1.76. The minimum atomic E-state index is 0.528. The van der Waals surface area contributed by atoms with Gasteiger partial charge in [0.1, 0.15) is 0 Å². The van der Waals surface area contributed by atoms with Crippen LogP contribution in [0.5, 0.6) is 0 Å². The van der Waals surface area contributed by atoms with E-state index in [1.165, 1.54) is 29.7 Å². The molecule has 0 fully saturated rings. The number of rotatable bonds is 6. The summed E-state index contributed by atoms with van der Waals surface area (Å²) in [5, 5.41) is 3.58. The Morgan fingerprint density at radius 1 is 0.750 bits per heavy atom. The van der Waals surface area contributed by atoms with E-state index in [1.807, 2.05) is 0 Å². The first-order valence-electron chi connectivity index (χ1n) is 7.57. The molecule has 0 spiro atoms. The van der Waals surface area contributed by atoms with Crippen LogP contribution >= 0.6 is 0 Å². The van der Waals surface area contributed by atoms with Crippen LogP contribution in [-0.4, -0.2) is 6.04 Å². The summed E-state index contributed by atoms with van der Waals surface area (Å²) in [5.41, 5.74) is 3.75. The van der Waals surface area contributed by atoms with E-state index in [2.05, 4.69) is 80.7 Å². The Morgan fingerprint density at radius 2 is 1.35 bits per heavy atom. The molecule has 2 rings (SSSR count). The fraction of sp³-hybridized carbons (Fsp3) is 0.368. The lowest BCUT2D eigenvalue weighted by Crippen LogP contribution is -2.15. The van der Waals surface area contributed by atoms with Gasteiger partial charge in [0.2, 0.25) is 0 Å². The largest absolute Gasteiger partial charge is 0.383 e. The summed E-state index contributed by atoms with van der Waals surface area (Å²) in [6.07, 6.45) is 2.49. The minimum absolute atomic E-state index is 0.528. The zero-order valence-electron chi connectivity index (χ0n) is 12.8. The van der Waals surface area contributed by atoms with Crippen LogP contribution < -0.4 is 5.32 Å². The van der Waals surface area contributed by atoms with Gasteiger partial charge in [-0.2, -0.15) is 0 Å². The van der Waals surface area contributed by atoms with Crippen molar-refractivity contribution in [3.8, 4) is 11.1 Å². The summed E-state index contributed by atoms with van der Waals surface area (Å²) in [5.74, 6) is 0.778.